The number of nitrogens with one attached hydrogen (secondary N) is 1. The average molecular weight is 337 g/mol. The van der Waals surface area contributed by atoms with Crippen LogP contribution < -0.4 is 5.32 Å². The summed E-state index contributed by atoms with van der Waals surface area (Å²) < 4.78 is 0. The molecule has 1 heterocycles. The third kappa shape index (κ3) is 4.92. The van der Waals surface area contributed by atoms with Crippen molar-refractivity contribution in [1.29, 1.82) is 0 Å². The van der Waals surface area contributed by atoms with Crippen LogP contribution >= 0.6 is 11.8 Å². The smallest absolute Gasteiger partial charge is 0.311 e. The predicted octanol–water partition coefficient (Wildman–Crippen LogP) is 2.34. The van der Waals surface area contributed by atoms with Crippen LogP contribution in [0, 0.1) is 19.3 Å². The lowest BCUT2D eigenvalue weighted by atomic mass is 9.74. The third-order valence-corrected chi connectivity index (χ3v) is 5.03. The van der Waals surface area contributed by atoms with Crippen LogP contribution in [-0.4, -0.2) is 39.2 Å². The number of carboxylic acid groups (broad SMARTS) is 1. The van der Waals surface area contributed by atoms with Gasteiger partial charge in [-0.05, 0) is 32.8 Å². The summed E-state index contributed by atoms with van der Waals surface area (Å²) in [5.41, 5.74) is 0.939. The Morgan fingerprint density at radius 3 is 2.39 bits per heavy atom. The van der Waals surface area contributed by atoms with Crippen molar-refractivity contribution < 1.29 is 14.7 Å². The molecule has 23 heavy (non-hydrogen) atoms. The van der Waals surface area contributed by atoms with Crippen molar-refractivity contribution in [2.75, 3.05) is 12.3 Å². The van der Waals surface area contributed by atoms with Gasteiger partial charge in [-0.2, -0.15) is 0 Å². The lowest BCUT2D eigenvalue weighted by Crippen LogP contribution is -2.44. The van der Waals surface area contributed by atoms with Gasteiger partial charge in [0.25, 0.3) is 0 Å². The zero-order valence-electron chi connectivity index (χ0n) is 13.6. The predicted molar refractivity (Wildman–Crippen MR) is 88.4 cm³/mol. The first-order valence-electron chi connectivity index (χ1n) is 7.86. The number of carbonyl (C=O) groups excluding carboxylic acids is 1. The van der Waals surface area contributed by atoms with Crippen LogP contribution in [0.25, 0.3) is 0 Å². The Hall–Kier alpha value is -1.63. The molecule has 1 saturated carbocycles. The highest BCUT2D eigenvalue weighted by Crippen LogP contribution is 2.36. The molecule has 2 rings (SSSR count). The minimum atomic E-state index is -0.803. The molecule has 0 aliphatic heterocycles. The maximum Gasteiger partial charge on any atom is 0.311 e. The van der Waals surface area contributed by atoms with Gasteiger partial charge < -0.3 is 10.4 Å². The van der Waals surface area contributed by atoms with E-state index in [0.29, 0.717) is 18.0 Å². The van der Waals surface area contributed by atoms with Gasteiger partial charge in [-0.25, -0.2) is 9.97 Å². The molecule has 1 aliphatic carbocycles. The third-order valence-electron chi connectivity index (χ3n) is 4.18. The van der Waals surface area contributed by atoms with E-state index >= 15 is 0 Å². The highest BCUT2D eigenvalue weighted by molar-refractivity contribution is 7.99. The fourth-order valence-corrected chi connectivity index (χ4v) is 3.68. The van der Waals surface area contributed by atoms with E-state index in [0.717, 1.165) is 30.7 Å². The van der Waals surface area contributed by atoms with Crippen LogP contribution in [0.15, 0.2) is 11.2 Å². The first-order valence-corrected chi connectivity index (χ1v) is 8.85. The minimum Gasteiger partial charge on any atom is -0.481 e. The van der Waals surface area contributed by atoms with Gasteiger partial charge in [0.1, 0.15) is 0 Å². The molecule has 2 N–H and O–H groups in total. The summed E-state index contributed by atoms with van der Waals surface area (Å²) in [6.45, 7) is 3.98. The number of thioether (sulfide) groups is 1. The number of aliphatic carboxylic acids is 1. The summed E-state index contributed by atoms with van der Waals surface area (Å²) >= 11 is 1.27. The molecule has 1 aromatic rings. The SMILES string of the molecule is Cc1cc(C)nc(SCC(=O)NCC2(C(=O)O)CCCCC2)n1. The first kappa shape index (κ1) is 17.7. The monoisotopic (exact) mass is 337 g/mol. The summed E-state index contributed by atoms with van der Waals surface area (Å²) in [5, 5.41) is 12.8. The maximum atomic E-state index is 12.0. The molecule has 0 unspecified atom stereocenters. The molecule has 0 aromatic carbocycles. The van der Waals surface area contributed by atoms with Gasteiger partial charge in [0.2, 0.25) is 5.91 Å². The number of carbonyl (C=O) groups is 2. The van der Waals surface area contributed by atoms with Gasteiger partial charge in [0.15, 0.2) is 5.16 Å². The Balaban J connectivity index is 1.85. The fourth-order valence-electron chi connectivity index (χ4n) is 2.90. The Kier molecular flexibility index (Phi) is 5.98. The van der Waals surface area contributed by atoms with Gasteiger partial charge in [0.05, 0.1) is 11.2 Å². The van der Waals surface area contributed by atoms with Gasteiger partial charge in [0, 0.05) is 17.9 Å². The van der Waals surface area contributed by atoms with E-state index < -0.39 is 11.4 Å². The average Bonchev–Trinajstić information content (AvgIpc) is 2.51. The van der Waals surface area contributed by atoms with Crippen molar-refractivity contribution in [1.82, 2.24) is 15.3 Å². The van der Waals surface area contributed by atoms with Gasteiger partial charge >= 0.3 is 5.97 Å². The molecule has 1 aromatic heterocycles. The van der Waals surface area contributed by atoms with E-state index in [1.165, 1.54) is 11.8 Å². The second-order valence-electron chi connectivity index (χ2n) is 6.14. The lowest BCUT2D eigenvalue weighted by Gasteiger charge is -2.33. The second kappa shape index (κ2) is 7.77. The summed E-state index contributed by atoms with van der Waals surface area (Å²) in [7, 11) is 0. The highest BCUT2D eigenvalue weighted by Gasteiger charge is 2.39. The topological polar surface area (TPSA) is 92.2 Å². The van der Waals surface area contributed by atoms with E-state index in [1.807, 2.05) is 19.9 Å². The van der Waals surface area contributed by atoms with Gasteiger partial charge in [-0.15, -0.1) is 0 Å². The Bertz CT molecular complexity index is 566. The Labute approximate surface area is 140 Å². The molecular weight excluding hydrogens is 314 g/mol. The Morgan fingerprint density at radius 1 is 1.22 bits per heavy atom. The number of rotatable bonds is 6. The zero-order chi connectivity index (χ0) is 16.9. The number of hydrogen-bond donors (Lipinski definition) is 2. The number of carboxylic acids is 1. The van der Waals surface area contributed by atoms with Crippen LogP contribution in [0.5, 0.6) is 0 Å². The molecular formula is C16H23N3O3S. The van der Waals surface area contributed by atoms with Crippen molar-refractivity contribution in [2.24, 2.45) is 5.41 Å². The van der Waals surface area contributed by atoms with Crippen LogP contribution in [0.3, 0.4) is 0 Å². The minimum absolute atomic E-state index is 0.177. The van der Waals surface area contributed by atoms with E-state index in [1.54, 1.807) is 0 Å². The highest BCUT2D eigenvalue weighted by atomic mass is 32.2. The molecule has 0 radical (unpaired) electrons. The number of aryl methyl sites for hydroxylation is 2. The lowest BCUT2D eigenvalue weighted by molar-refractivity contribution is -0.151. The van der Waals surface area contributed by atoms with Crippen molar-refractivity contribution in [3.63, 3.8) is 0 Å². The quantitative estimate of drug-likeness (QED) is 0.611. The van der Waals surface area contributed by atoms with Crippen molar-refractivity contribution in [2.45, 2.75) is 51.1 Å². The van der Waals surface area contributed by atoms with Gasteiger partial charge in [-0.3, -0.25) is 9.59 Å². The van der Waals surface area contributed by atoms with Crippen molar-refractivity contribution in [3.8, 4) is 0 Å². The molecule has 0 saturated heterocycles. The molecule has 7 heteroatoms. The van der Waals surface area contributed by atoms with Crippen LogP contribution in [0.2, 0.25) is 0 Å². The molecule has 1 fully saturated rings. The standard InChI is InChI=1S/C16H23N3O3S/c1-11-8-12(2)19-15(18-11)23-9-13(20)17-10-16(14(21)22)6-4-3-5-7-16/h8H,3-7,9-10H2,1-2H3,(H,17,20)(H,21,22). The van der Waals surface area contributed by atoms with Crippen LogP contribution in [0.1, 0.15) is 43.5 Å². The largest absolute Gasteiger partial charge is 0.481 e. The van der Waals surface area contributed by atoms with E-state index in [4.69, 9.17) is 0 Å². The van der Waals surface area contributed by atoms with Crippen LogP contribution in [0.4, 0.5) is 0 Å². The molecule has 0 spiro atoms. The Morgan fingerprint density at radius 2 is 1.83 bits per heavy atom. The molecule has 1 amide bonds. The second-order valence-corrected chi connectivity index (χ2v) is 7.09. The van der Waals surface area contributed by atoms with E-state index in [2.05, 4.69) is 15.3 Å². The summed E-state index contributed by atoms with van der Waals surface area (Å²) in [6, 6.07) is 1.88. The van der Waals surface area contributed by atoms with Gasteiger partial charge in [-0.1, -0.05) is 31.0 Å². The van der Waals surface area contributed by atoms with E-state index in [-0.39, 0.29) is 18.2 Å². The fraction of sp³-hybridized carbons (Fsp3) is 0.625. The van der Waals surface area contributed by atoms with Crippen molar-refractivity contribution in [3.05, 3.63) is 17.5 Å². The van der Waals surface area contributed by atoms with E-state index in [9.17, 15) is 14.7 Å². The summed E-state index contributed by atoms with van der Waals surface area (Å²) in [6.07, 6.45) is 4.16. The first-order chi connectivity index (χ1) is 10.9. The van der Waals surface area contributed by atoms with Crippen molar-refractivity contribution >= 4 is 23.6 Å². The summed E-state index contributed by atoms with van der Waals surface area (Å²) in [4.78, 5) is 32.1. The molecule has 0 atom stereocenters. The van der Waals surface area contributed by atoms with Crippen LogP contribution in [-0.2, 0) is 9.59 Å². The molecule has 0 bridgehead atoms. The number of amides is 1. The number of hydrogen-bond acceptors (Lipinski definition) is 5. The summed E-state index contributed by atoms with van der Waals surface area (Å²) in [5.74, 6) is -0.787. The molecule has 1 aliphatic rings. The molecule has 6 nitrogen and oxygen atoms in total. The number of aromatic nitrogens is 2. The zero-order valence-corrected chi connectivity index (χ0v) is 14.4. The molecule has 126 valence electrons. The maximum absolute atomic E-state index is 12.0. The normalized spacial score (nSPS) is 16.8. The number of nitrogens with zero attached hydrogens (tertiary/aromatic N) is 2.